The van der Waals surface area contributed by atoms with E-state index in [4.69, 9.17) is 4.99 Å². The van der Waals surface area contributed by atoms with Gasteiger partial charge < -0.3 is 10.6 Å². The molecule has 27 heavy (non-hydrogen) atoms. The Morgan fingerprint density at radius 3 is 1.81 bits per heavy atom. The molecule has 0 radical (unpaired) electrons. The second kappa shape index (κ2) is 8.33. The van der Waals surface area contributed by atoms with Crippen LogP contribution in [0.1, 0.15) is 103 Å². The predicted molar refractivity (Wildman–Crippen MR) is 113 cm³/mol. The van der Waals surface area contributed by atoms with Crippen molar-refractivity contribution < 1.29 is 0 Å². The summed E-state index contributed by atoms with van der Waals surface area (Å²) in [4.78, 5) is 5.47. The topological polar surface area (TPSA) is 36.4 Å². The van der Waals surface area contributed by atoms with Crippen molar-refractivity contribution in [2.45, 2.75) is 121 Å². The molecule has 3 heteroatoms. The number of fused-ring (bicyclic) bond motifs is 2. The Labute approximate surface area is 166 Å². The van der Waals surface area contributed by atoms with Gasteiger partial charge in [0.15, 0.2) is 5.96 Å². The molecule has 5 fully saturated rings. The monoisotopic (exact) mass is 371 g/mol. The molecular weight excluding hydrogens is 330 g/mol. The molecule has 5 aliphatic rings. The van der Waals surface area contributed by atoms with Crippen molar-refractivity contribution in [2.24, 2.45) is 28.7 Å². The molecule has 5 aliphatic carbocycles. The van der Waals surface area contributed by atoms with Crippen molar-refractivity contribution in [2.75, 3.05) is 0 Å². The molecule has 0 spiro atoms. The Kier molecular flexibility index (Phi) is 5.65. The summed E-state index contributed by atoms with van der Waals surface area (Å²) in [6.45, 7) is 0. The van der Waals surface area contributed by atoms with Crippen LogP contribution in [0.2, 0.25) is 0 Å². The van der Waals surface area contributed by atoms with Crippen LogP contribution in [-0.2, 0) is 0 Å². The Morgan fingerprint density at radius 1 is 0.556 bits per heavy atom. The molecule has 5 atom stereocenters. The van der Waals surface area contributed by atoms with E-state index in [1.807, 2.05) is 0 Å². The quantitative estimate of drug-likeness (QED) is 0.514. The molecule has 5 rings (SSSR count). The van der Waals surface area contributed by atoms with E-state index in [9.17, 15) is 0 Å². The first-order chi connectivity index (χ1) is 13.3. The molecule has 2 N–H and O–H groups in total. The highest BCUT2D eigenvalue weighted by Crippen LogP contribution is 2.53. The van der Waals surface area contributed by atoms with Gasteiger partial charge in [0.2, 0.25) is 0 Å². The SMILES string of the molecule is C1CCC(NC(=NC2CC3CC4CCC2CC4C3)NC2CCCCC2)CC1. The summed E-state index contributed by atoms with van der Waals surface area (Å²) >= 11 is 0. The van der Waals surface area contributed by atoms with Gasteiger partial charge in [-0.1, -0.05) is 38.5 Å². The van der Waals surface area contributed by atoms with Crippen LogP contribution in [0, 0.1) is 23.7 Å². The van der Waals surface area contributed by atoms with Crippen LogP contribution in [0.15, 0.2) is 4.99 Å². The number of aliphatic imine (C=N–C) groups is 1. The number of rotatable bonds is 3. The van der Waals surface area contributed by atoms with Gasteiger partial charge in [0.1, 0.15) is 0 Å². The lowest BCUT2D eigenvalue weighted by Crippen LogP contribution is -2.49. The summed E-state index contributed by atoms with van der Waals surface area (Å²) in [6, 6.07) is 1.90. The second-order valence-corrected chi connectivity index (χ2v) is 10.7. The first-order valence-electron chi connectivity index (χ1n) is 12.4. The van der Waals surface area contributed by atoms with Crippen molar-refractivity contribution in [3.8, 4) is 0 Å². The molecule has 0 heterocycles. The van der Waals surface area contributed by atoms with Gasteiger partial charge in [0.25, 0.3) is 0 Å². The molecule has 0 saturated heterocycles. The summed E-state index contributed by atoms with van der Waals surface area (Å²) in [5, 5.41) is 7.82. The van der Waals surface area contributed by atoms with E-state index in [1.54, 1.807) is 0 Å². The smallest absolute Gasteiger partial charge is 0.191 e. The van der Waals surface area contributed by atoms with Gasteiger partial charge in [-0.3, -0.25) is 0 Å². The van der Waals surface area contributed by atoms with Gasteiger partial charge in [0.05, 0.1) is 6.04 Å². The number of nitrogens with one attached hydrogen (secondary N) is 2. The Hall–Kier alpha value is -0.730. The summed E-state index contributed by atoms with van der Waals surface area (Å²) < 4.78 is 0. The molecule has 0 amide bonds. The van der Waals surface area contributed by atoms with Gasteiger partial charge in [-0.2, -0.15) is 0 Å². The van der Waals surface area contributed by atoms with Crippen LogP contribution in [0.25, 0.3) is 0 Å². The third kappa shape index (κ3) is 4.32. The molecule has 0 aromatic heterocycles. The number of hydrogen-bond acceptors (Lipinski definition) is 1. The van der Waals surface area contributed by atoms with Crippen molar-refractivity contribution >= 4 is 5.96 Å². The third-order valence-corrected chi connectivity index (χ3v) is 8.76. The van der Waals surface area contributed by atoms with Crippen LogP contribution in [-0.4, -0.2) is 24.1 Å². The average molecular weight is 372 g/mol. The second-order valence-electron chi connectivity index (χ2n) is 10.7. The van der Waals surface area contributed by atoms with Crippen LogP contribution in [0.4, 0.5) is 0 Å². The maximum Gasteiger partial charge on any atom is 0.191 e. The highest BCUT2D eigenvalue weighted by atomic mass is 15.2. The van der Waals surface area contributed by atoms with E-state index < -0.39 is 0 Å². The van der Waals surface area contributed by atoms with Crippen molar-refractivity contribution in [3.05, 3.63) is 0 Å². The molecule has 152 valence electrons. The van der Waals surface area contributed by atoms with Gasteiger partial charge >= 0.3 is 0 Å². The Balaban J connectivity index is 1.31. The Bertz CT molecular complexity index is 494. The maximum absolute atomic E-state index is 5.47. The van der Waals surface area contributed by atoms with Gasteiger partial charge in [0, 0.05) is 12.1 Å². The van der Waals surface area contributed by atoms with E-state index >= 15 is 0 Å². The largest absolute Gasteiger partial charge is 0.354 e. The first-order valence-corrected chi connectivity index (χ1v) is 12.4. The van der Waals surface area contributed by atoms with E-state index in [-0.39, 0.29) is 0 Å². The number of guanidine groups is 1. The van der Waals surface area contributed by atoms with Gasteiger partial charge in [-0.05, 0) is 87.9 Å². The lowest BCUT2D eigenvalue weighted by molar-refractivity contribution is 0.176. The minimum atomic E-state index is 0.587. The number of hydrogen-bond donors (Lipinski definition) is 2. The van der Waals surface area contributed by atoms with E-state index in [1.165, 1.54) is 109 Å². The highest BCUT2D eigenvalue weighted by Gasteiger charge is 2.45. The molecule has 3 bridgehead atoms. The minimum absolute atomic E-state index is 0.587. The lowest BCUT2D eigenvalue weighted by atomic mass is 9.72. The molecule has 0 aromatic rings. The van der Waals surface area contributed by atoms with Crippen LogP contribution >= 0.6 is 0 Å². The first kappa shape index (κ1) is 18.3. The maximum atomic E-state index is 5.47. The fraction of sp³-hybridized carbons (Fsp3) is 0.958. The predicted octanol–water partition coefficient (Wildman–Crippen LogP) is 5.40. The van der Waals surface area contributed by atoms with Gasteiger partial charge in [-0.25, -0.2) is 4.99 Å². The van der Waals surface area contributed by atoms with Crippen molar-refractivity contribution in [3.63, 3.8) is 0 Å². The fourth-order valence-corrected chi connectivity index (χ4v) is 7.31. The summed E-state index contributed by atoms with van der Waals surface area (Å²) in [5.74, 6) is 5.17. The molecule has 5 saturated carbocycles. The molecule has 3 nitrogen and oxygen atoms in total. The fourth-order valence-electron chi connectivity index (χ4n) is 7.31. The van der Waals surface area contributed by atoms with Crippen molar-refractivity contribution in [1.29, 1.82) is 0 Å². The third-order valence-electron chi connectivity index (χ3n) is 8.76. The lowest BCUT2D eigenvalue weighted by Gasteiger charge is -2.37. The van der Waals surface area contributed by atoms with Crippen LogP contribution in [0.3, 0.4) is 0 Å². The Morgan fingerprint density at radius 2 is 1.15 bits per heavy atom. The minimum Gasteiger partial charge on any atom is -0.354 e. The zero-order valence-corrected chi connectivity index (χ0v) is 17.3. The molecule has 5 unspecified atom stereocenters. The van der Waals surface area contributed by atoms with Crippen molar-refractivity contribution in [1.82, 2.24) is 10.6 Å². The summed E-state index contributed by atoms with van der Waals surface area (Å²) in [7, 11) is 0. The zero-order chi connectivity index (χ0) is 18.1. The van der Waals surface area contributed by atoms with Crippen LogP contribution in [0.5, 0.6) is 0 Å². The average Bonchev–Trinajstić information content (AvgIpc) is 3.04. The van der Waals surface area contributed by atoms with Gasteiger partial charge in [-0.15, -0.1) is 0 Å². The molecule has 0 aliphatic heterocycles. The normalized spacial score (nSPS) is 39.8. The van der Waals surface area contributed by atoms with Crippen LogP contribution < -0.4 is 10.6 Å². The van der Waals surface area contributed by atoms with E-state index in [2.05, 4.69) is 10.6 Å². The summed E-state index contributed by atoms with van der Waals surface area (Å²) in [6.07, 6.45) is 22.6. The van der Waals surface area contributed by atoms with E-state index in [0.717, 1.165) is 23.7 Å². The van der Waals surface area contributed by atoms with E-state index in [0.29, 0.717) is 18.1 Å². The standard InChI is InChI=1S/C24H41N3/c1-3-7-21(8-4-1)25-24(26-22-9-5-2-6-10-22)27-23-15-17-13-18-11-12-19(23)16-20(18)14-17/h17-23H,1-16H2,(H2,25,26,27). The number of nitrogens with zero attached hydrogens (tertiary/aromatic N) is 1. The summed E-state index contributed by atoms with van der Waals surface area (Å²) in [5.41, 5.74) is 0. The highest BCUT2D eigenvalue weighted by molar-refractivity contribution is 5.80. The zero-order valence-electron chi connectivity index (χ0n) is 17.3. The molecular formula is C24H41N3. The molecule has 0 aromatic carbocycles.